The first-order valence-electron chi connectivity index (χ1n) is 30.8. The van der Waals surface area contributed by atoms with Crippen molar-refractivity contribution in [3.05, 3.63) is 0 Å². The average Bonchev–Trinajstić information content (AvgIpc) is 3.33. The topological polar surface area (TPSA) is 95.9 Å². The van der Waals surface area contributed by atoms with Gasteiger partial charge in [0.25, 0.3) is 0 Å². The lowest BCUT2D eigenvalue weighted by Gasteiger charge is -2.22. The standard InChI is InChI=1S/C61H121NO5/c1-3-5-7-9-11-13-15-17-19-21-22-23-24-25-26-28-29-31-33-37-41-45-49-53-59(64)58(57-63)62-60(65)54-50-46-42-38-35-36-40-44-48-52-56-67-61(66)55-51-47-43-39-34-32-30-27-20-18-16-14-12-10-8-6-4-2/h58-59,63-64H,3-57H2,1-2H3,(H,62,65). The lowest BCUT2D eigenvalue weighted by atomic mass is 10.0. The molecule has 3 N–H and O–H groups in total. The smallest absolute Gasteiger partial charge is 0.305 e. The summed E-state index contributed by atoms with van der Waals surface area (Å²) in [7, 11) is 0. The summed E-state index contributed by atoms with van der Waals surface area (Å²) in [4.78, 5) is 24.6. The van der Waals surface area contributed by atoms with Crippen molar-refractivity contribution >= 4 is 11.9 Å². The van der Waals surface area contributed by atoms with Gasteiger partial charge in [-0.1, -0.05) is 316 Å². The van der Waals surface area contributed by atoms with E-state index in [4.69, 9.17) is 4.74 Å². The first kappa shape index (κ1) is 65.9. The minimum absolute atomic E-state index is 0.0131. The highest BCUT2D eigenvalue weighted by atomic mass is 16.5. The van der Waals surface area contributed by atoms with Crippen molar-refractivity contribution in [3.8, 4) is 0 Å². The summed E-state index contributed by atoms with van der Waals surface area (Å²) in [6.07, 6.45) is 66.7. The predicted molar refractivity (Wildman–Crippen MR) is 292 cm³/mol. The van der Waals surface area contributed by atoms with E-state index in [0.29, 0.717) is 25.9 Å². The van der Waals surface area contributed by atoms with Crippen LogP contribution in [0.15, 0.2) is 0 Å². The molecule has 0 aromatic rings. The lowest BCUT2D eigenvalue weighted by molar-refractivity contribution is -0.143. The van der Waals surface area contributed by atoms with Crippen LogP contribution < -0.4 is 5.32 Å². The molecule has 0 saturated carbocycles. The third kappa shape index (κ3) is 54.0. The Morgan fingerprint density at radius 2 is 0.612 bits per heavy atom. The van der Waals surface area contributed by atoms with Gasteiger partial charge in [0.2, 0.25) is 5.91 Å². The molecule has 0 saturated heterocycles. The van der Waals surface area contributed by atoms with Gasteiger partial charge in [-0.05, 0) is 25.7 Å². The highest BCUT2D eigenvalue weighted by Gasteiger charge is 2.20. The first-order valence-corrected chi connectivity index (χ1v) is 30.8. The van der Waals surface area contributed by atoms with E-state index in [9.17, 15) is 19.8 Å². The maximum Gasteiger partial charge on any atom is 0.305 e. The average molecular weight is 949 g/mol. The van der Waals surface area contributed by atoms with E-state index >= 15 is 0 Å². The van der Waals surface area contributed by atoms with E-state index < -0.39 is 12.1 Å². The molecular weight excluding hydrogens is 827 g/mol. The highest BCUT2D eigenvalue weighted by Crippen LogP contribution is 2.18. The fourth-order valence-corrected chi connectivity index (χ4v) is 9.94. The maximum atomic E-state index is 12.5. The van der Waals surface area contributed by atoms with Crippen LogP contribution in [0, 0.1) is 0 Å². The van der Waals surface area contributed by atoms with E-state index in [1.165, 1.54) is 263 Å². The third-order valence-corrected chi connectivity index (χ3v) is 14.7. The molecule has 0 aliphatic heterocycles. The van der Waals surface area contributed by atoms with Crippen LogP contribution in [-0.2, 0) is 14.3 Å². The van der Waals surface area contributed by atoms with E-state index in [1.54, 1.807) is 0 Å². The Bertz CT molecular complexity index is 959. The second-order valence-electron chi connectivity index (χ2n) is 21.4. The summed E-state index contributed by atoms with van der Waals surface area (Å²) in [5, 5.41) is 23.4. The van der Waals surface area contributed by atoms with Crippen molar-refractivity contribution in [2.75, 3.05) is 13.2 Å². The Morgan fingerprint density at radius 3 is 0.910 bits per heavy atom. The minimum Gasteiger partial charge on any atom is -0.466 e. The predicted octanol–water partition coefficient (Wildman–Crippen LogP) is 19.1. The number of hydrogen-bond acceptors (Lipinski definition) is 5. The lowest BCUT2D eigenvalue weighted by Crippen LogP contribution is -2.45. The molecule has 1 amide bonds. The molecule has 0 aromatic heterocycles. The largest absolute Gasteiger partial charge is 0.466 e. The van der Waals surface area contributed by atoms with Crippen LogP contribution in [0.25, 0.3) is 0 Å². The Hall–Kier alpha value is -1.14. The van der Waals surface area contributed by atoms with Gasteiger partial charge in [0.1, 0.15) is 0 Å². The number of unbranched alkanes of at least 4 members (excludes halogenated alkanes) is 47. The summed E-state index contributed by atoms with van der Waals surface area (Å²) < 4.78 is 5.48. The van der Waals surface area contributed by atoms with Gasteiger partial charge >= 0.3 is 5.97 Å². The van der Waals surface area contributed by atoms with Crippen LogP contribution in [0.3, 0.4) is 0 Å². The molecule has 0 radical (unpaired) electrons. The van der Waals surface area contributed by atoms with Gasteiger partial charge in [-0.3, -0.25) is 9.59 Å². The second kappa shape index (κ2) is 57.4. The van der Waals surface area contributed by atoms with Gasteiger partial charge in [0.05, 0.1) is 25.4 Å². The first-order chi connectivity index (χ1) is 33.0. The minimum atomic E-state index is -0.679. The van der Waals surface area contributed by atoms with Crippen LogP contribution in [0.1, 0.15) is 354 Å². The van der Waals surface area contributed by atoms with Crippen molar-refractivity contribution in [2.45, 2.75) is 366 Å². The zero-order chi connectivity index (χ0) is 48.6. The quantitative estimate of drug-likeness (QED) is 0.0417. The number of ether oxygens (including phenoxy) is 1. The summed E-state index contributed by atoms with van der Waals surface area (Å²) in [6.45, 7) is 4.94. The molecule has 0 aliphatic rings. The number of nitrogens with one attached hydrogen (secondary N) is 1. The van der Waals surface area contributed by atoms with Crippen molar-refractivity contribution in [3.63, 3.8) is 0 Å². The molecule has 0 aliphatic carbocycles. The van der Waals surface area contributed by atoms with Crippen LogP contribution >= 0.6 is 0 Å². The molecule has 6 heteroatoms. The molecule has 6 nitrogen and oxygen atoms in total. The van der Waals surface area contributed by atoms with Gasteiger partial charge in [-0.25, -0.2) is 0 Å². The number of aliphatic hydroxyl groups excluding tert-OH is 2. The molecule has 2 atom stereocenters. The van der Waals surface area contributed by atoms with E-state index in [-0.39, 0.29) is 18.5 Å². The molecule has 0 aromatic carbocycles. The van der Waals surface area contributed by atoms with E-state index in [1.807, 2.05) is 0 Å². The van der Waals surface area contributed by atoms with Crippen LogP contribution in [0.2, 0.25) is 0 Å². The zero-order valence-corrected chi connectivity index (χ0v) is 45.7. The molecule has 2 unspecified atom stereocenters. The van der Waals surface area contributed by atoms with Crippen molar-refractivity contribution < 1.29 is 24.5 Å². The van der Waals surface area contributed by atoms with E-state index in [2.05, 4.69) is 19.2 Å². The SMILES string of the molecule is CCCCCCCCCCCCCCCCCCCCCCCCCC(O)C(CO)NC(=O)CCCCCCCCCCCCOC(=O)CCCCCCCCCCCCCCCCCCC. The van der Waals surface area contributed by atoms with Gasteiger partial charge in [-0.15, -0.1) is 0 Å². The van der Waals surface area contributed by atoms with Gasteiger partial charge in [-0.2, -0.15) is 0 Å². The molecule has 0 rings (SSSR count). The van der Waals surface area contributed by atoms with Crippen molar-refractivity contribution in [1.29, 1.82) is 0 Å². The molecular formula is C61H121NO5. The fraction of sp³-hybridized carbons (Fsp3) is 0.967. The summed E-state index contributed by atoms with van der Waals surface area (Å²) in [5.41, 5.74) is 0. The summed E-state index contributed by atoms with van der Waals surface area (Å²) in [6, 6.07) is -0.558. The Labute approximate surface area is 419 Å². The van der Waals surface area contributed by atoms with Crippen molar-refractivity contribution in [2.24, 2.45) is 0 Å². The van der Waals surface area contributed by atoms with Crippen LogP contribution in [-0.4, -0.2) is 47.4 Å². The van der Waals surface area contributed by atoms with Crippen LogP contribution in [0.4, 0.5) is 0 Å². The maximum absolute atomic E-state index is 12.5. The summed E-state index contributed by atoms with van der Waals surface area (Å²) >= 11 is 0. The Morgan fingerprint density at radius 1 is 0.358 bits per heavy atom. The number of rotatable bonds is 58. The number of esters is 1. The molecule has 0 spiro atoms. The normalized spacial score (nSPS) is 12.5. The number of hydrogen-bond donors (Lipinski definition) is 3. The monoisotopic (exact) mass is 948 g/mol. The zero-order valence-electron chi connectivity index (χ0n) is 45.7. The number of carbonyl (C=O) groups excluding carboxylic acids is 2. The summed E-state index contributed by atoms with van der Waals surface area (Å²) in [5.74, 6) is -0.0653. The molecule has 0 heterocycles. The highest BCUT2D eigenvalue weighted by molar-refractivity contribution is 5.76. The third-order valence-electron chi connectivity index (χ3n) is 14.7. The Kier molecular flexibility index (Phi) is 56.5. The number of carbonyl (C=O) groups is 2. The molecule has 0 bridgehead atoms. The van der Waals surface area contributed by atoms with E-state index in [0.717, 1.165) is 57.8 Å². The second-order valence-corrected chi connectivity index (χ2v) is 21.4. The van der Waals surface area contributed by atoms with Crippen molar-refractivity contribution in [1.82, 2.24) is 5.32 Å². The van der Waals surface area contributed by atoms with Gasteiger partial charge in [0.15, 0.2) is 0 Å². The van der Waals surface area contributed by atoms with Gasteiger partial charge < -0.3 is 20.3 Å². The molecule has 0 fully saturated rings. The molecule has 67 heavy (non-hydrogen) atoms. The van der Waals surface area contributed by atoms with Crippen LogP contribution in [0.5, 0.6) is 0 Å². The number of amides is 1. The Balaban J connectivity index is 3.43. The van der Waals surface area contributed by atoms with Gasteiger partial charge in [0, 0.05) is 12.8 Å². The fourth-order valence-electron chi connectivity index (χ4n) is 9.94. The molecule has 400 valence electrons. The number of aliphatic hydroxyl groups is 2.